The average molecular weight is 471 g/mol. The molecule has 1 atom stereocenters. The van der Waals surface area contributed by atoms with E-state index in [1.54, 1.807) is 14.2 Å². The van der Waals surface area contributed by atoms with Gasteiger partial charge in [-0.15, -0.1) is 10.2 Å². The second-order valence-electron chi connectivity index (χ2n) is 7.63. The van der Waals surface area contributed by atoms with Gasteiger partial charge < -0.3 is 24.1 Å². The normalized spacial score (nSPS) is 11.8. The van der Waals surface area contributed by atoms with Gasteiger partial charge in [-0.3, -0.25) is 4.79 Å². The molecule has 8 nitrogen and oxygen atoms in total. The Labute approximate surface area is 198 Å². The Morgan fingerprint density at radius 2 is 1.70 bits per heavy atom. The zero-order valence-corrected chi connectivity index (χ0v) is 20.4. The number of benzene rings is 2. The van der Waals surface area contributed by atoms with E-state index in [0.717, 1.165) is 11.3 Å². The number of nitrogens with one attached hydrogen (secondary N) is 1. The summed E-state index contributed by atoms with van der Waals surface area (Å²) in [5, 5.41) is 12.3. The summed E-state index contributed by atoms with van der Waals surface area (Å²) in [5.41, 5.74) is 1.00. The van der Waals surface area contributed by atoms with Crippen molar-refractivity contribution in [3.63, 3.8) is 0 Å². The highest BCUT2D eigenvalue weighted by atomic mass is 32.2. The number of hydrogen-bond acceptors (Lipinski definition) is 7. The lowest BCUT2D eigenvalue weighted by molar-refractivity contribution is -0.118. The minimum Gasteiger partial charge on any atom is -0.497 e. The number of para-hydroxylation sites is 2. The van der Waals surface area contributed by atoms with E-state index in [-0.39, 0.29) is 23.8 Å². The van der Waals surface area contributed by atoms with Crippen molar-refractivity contribution in [3.05, 3.63) is 59.9 Å². The summed E-state index contributed by atoms with van der Waals surface area (Å²) in [6, 6.07) is 15.2. The predicted octanol–water partition coefficient (Wildman–Crippen LogP) is 4.42. The molecule has 176 valence electrons. The van der Waals surface area contributed by atoms with Crippen LogP contribution in [0.4, 0.5) is 0 Å². The maximum absolute atomic E-state index is 12.4. The monoisotopic (exact) mass is 470 g/mol. The van der Waals surface area contributed by atoms with Gasteiger partial charge in [-0.25, -0.2) is 0 Å². The minimum absolute atomic E-state index is 0.0750. The molecule has 3 rings (SSSR count). The number of hydrogen-bond donors (Lipinski definition) is 1. The molecule has 1 heterocycles. The van der Waals surface area contributed by atoms with Crippen LogP contribution in [-0.4, -0.2) is 40.6 Å². The Morgan fingerprint density at radius 1 is 1.00 bits per heavy atom. The molecule has 3 aromatic rings. The molecule has 0 aliphatic heterocycles. The van der Waals surface area contributed by atoms with E-state index in [4.69, 9.17) is 14.2 Å². The SMILES string of the molecule is COc1ccc(CNC(=O)CSc2nnc(C(C)Oc3ccccc3OC)n2C(C)C)cc1. The van der Waals surface area contributed by atoms with Crippen molar-refractivity contribution in [3.8, 4) is 17.2 Å². The molecule has 0 saturated heterocycles. The number of aromatic nitrogens is 3. The zero-order valence-electron chi connectivity index (χ0n) is 19.6. The van der Waals surface area contributed by atoms with E-state index >= 15 is 0 Å². The first-order chi connectivity index (χ1) is 15.9. The number of nitrogens with zero attached hydrogens (tertiary/aromatic N) is 3. The molecule has 9 heteroatoms. The molecule has 0 spiro atoms. The first-order valence-corrected chi connectivity index (χ1v) is 11.7. The van der Waals surface area contributed by atoms with Crippen LogP contribution in [0.5, 0.6) is 17.2 Å². The van der Waals surface area contributed by atoms with Crippen LogP contribution in [0.3, 0.4) is 0 Å². The quantitative estimate of drug-likeness (QED) is 0.415. The highest BCUT2D eigenvalue weighted by Gasteiger charge is 2.23. The van der Waals surface area contributed by atoms with Crippen molar-refractivity contribution < 1.29 is 19.0 Å². The van der Waals surface area contributed by atoms with Crippen LogP contribution in [0.1, 0.15) is 44.3 Å². The third-order valence-corrected chi connectivity index (χ3v) is 5.87. The summed E-state index contributed by atoms with van der Waals surface area (Å²) in [7, 11) is 3.23. The van der Waals surface area contributed by atoms with Gasteiger partial charge in [-0.05, 0) is 50.6 Å². The lowest BCUT2D eigenvalue weighted by Crippen LogP contribution is -2.24. The smallest absolute Gasteiger partial charge is 0.230 e. The summed E-state index contributed by atoms with van der Waals surface area (Å²) in [6.45, 7) is 6.48. The van der Waals surface area contributed by atoms with Crippen molar-refractivity contribution in [1.82, 2.24) is 20.1 Å². The second-order valence-corrected chi connectivity index (χ2v) is 8.57. The summed E-state index contributed by atoms with van der Waals surface area (Å²) >= 11 is 1.35. The Balaban J connectivity index is 1.62. The molecule has 0 bridgehead atoms. The van der Waals surface area contributed by atoms with Gasteiger partial charge >= 0.3 is 0 Å². The molecule has 0 saturated carbocycles. The van der Waals surface area contributed by atoms with E-state index in [2.05, 4.69) is 29.4 Å². The fraction of sp³-hybridized carbons (Fsp3) is 0.375. The van der Waals surface area contributed by atoms with Gasteiger partial charge in [0.1, 0.15) is 5.75 Å². The van der Waals surface area contributed by atoms with Gasteiger partial charge in [-0.2, -0.15) is 0 Å². The second kappa shape index (κ2) is 11.6. The summed E-state index contributed by atoms with van der Waals surface area (Å²) in [6.07, 6.45) is -0.352. The van der Waals surface area contributed by atoms with Gasteiger partial charge in [0.05, 0.1) is 20.0 Å². The lowest BCUT2D eigenvalue weighted by Gasteiger charge is -2.19. The number of amides is 1. The third kappa shape index (κ3) is 6.41. The molecule has 2 aromatic carbocycles. The number of carbonyl (C=O) groups excluding carboxylic acids is 1. The Hall–Kier alpha value is -3.20. The van der Waals surface area contributed by atoms with Crippen molar-refractivity contribution in [2.24, 2.45) is 0 Å². The van der Waals surface area contributed by atoms with Gasteiger partial charge in [0, 0.05) is 12.6 Å². The summed E-state index contributed by atoms with van der Waals surface area (Å²) in [5.74, 6) is 2.93. The fourth-order valence-corrected chi connectivity index (χ4v) is 4.14. The van der Waals surface area contributed by atoms with Crippen LogP contribution in [-0.2, 0) is 11.3 Å². The van der Waals surface area contributed by atoms with Gasteiger partial charge in [-0.1, -0.05) is 36.0 Å². The van der Waals surface area contributed by atoms with Crippen LogP contribution >= 0.6 is 11.8 Å². The van der Waals surface area contributed by atoms with E-state index in [1.165, 1.54) is 11.8 Å². The van der Waals surface area contributed by atoms with Crippen LogP contribution in [0.15, 0.2) is 53.7 Å². The highest BCUT2D eigenvalue weighted by Crippen LogP contribution is 2.32. The average Bonchev–Trinajstić information content (AvgIpc) is 3.26. The number of rotatable bonds is 11. The largest absolute Gasteiger partial charge is 0.497 e. The Bertz CT molecular complexity index is 1050. The standard InChI is InChI=1S/C24H30N4O4S/c1-16(2)28-23(17(3)32-21-9-7-6-8-20(21)31-5)26-27-24(28)33-15-22(29)25-14-18-10-12-19(30-4)13-11-18/h6-13,16-17H,14-15H2,1-5H3,(H,25,29). The summed E-state index contributed by atoms with van der Waals surface area (Å²) in [4.78, 5) is 12.4. The maximum atomic E-state index is 12.4. The molecule has 33 heavy (non-hydrogen) atoms. The molecular formula is C24H30N4O4S. The predicted molar refractivity (Wildman–Crippen MR) is 128 cm³/mol. The first-order valence-electron chi connectivity index (χ1n) is 10.7. The van der Waals surface area contributed by atoms with E-state index in [9.17, 15) is 4.79 Å². The fourth-order valence-electron chi connectivity index (χ4n) is 3.23. The molecule has 1 aromatic heterocycles. The van der Waals surface area contributed by atoms with Crippen molar-refractivity contribution >= 4 is 17.7 Å². The first kappa shape index (κ1) is 24.4. The maximum Gasteiger partial charge on any atom is 0.230 e. The Kier molecular flexibility index (Phi) is 8.59. The Morgan fingerprint density at radius 3 is 2.33 bits per heavy atom. The van der Waals surface area contributed by atoms with Crippen molar-refractivity contribution in [2.75, 3.05) is 20.0 Å². The number of ether oxygens (including phenoxy) is 3. The van der Waals surface area contributed by atoms with Crippen LogP contribution < -0.4 is 19.5 Å². The van der Waals surface area contributed by atoms with Crippen molar-refractivity contribution in [1.29, 1.82) is 0 Å². The molecule has 0 fully saturated rings. The van der Waals surface area contributed by atoms with E-state index < -0.39 is 0 Å². The van der Waals surface area contributed by atoms with Crippen LogP contribution in [0, 0.1) is 0 Å². The molecule has 1 N–H and O–H groups in total. The topological polar surface area (TPSA) is 87.5 Å². The van der Waals surface area contributed by atoms with E-state index in [1.807, 2.05) is 60.0 Å². The molecule has 1 amide bonds. The van der Waals surface area contributed by atoms with Crippen molar-refractivity contribution in [2.45, 2.75) is 44.6 Å². The van der Waals surface area contributed by atoms with Gasteiger partial charge in [0.15, 0.2) is 28.6 Å². The summed E-state index contributed by atoms with van der Waals surface area (Å²) < 4.78 is 18.6. The third-order valence-electron chi connectivity index (χ3n) is 4.92. The molecule has 1 unspecified atom stereocenters. The molecule has 0 aliphatic rings. The van der Waals surface area contributed by atoms with Gasteiger partial charge in [0.2, 0.25) is 5.91 Å². The molecule has 0 aliphatic carbocycles. The van der Waals surface area contributed by atoms with Crippen LogP contribution in [0.25, 0.3) is 0 Å². The van der Waals surface area contributed by atoms with Crippen LogP contribution in [0.2, 0.25) is 0 Å². The molecular weight excluding hydrogens is 440 g/mol. The number of carbonyl (C=O) groups is 1. The molecule has 0 radical (unpaired) electrons. The minimum atomic E-state index is -0.352. The van der Waals surface area contributed by atoms with E-state index in [0.29, 0.717) is 29.0 Å². The number of thioether (sulfide) groups is 1. The highest BCUT2D eigenvalue weighted by molar-refractivity contribution is 7.99. The van der Waals surface area contributed by atoms with Gasteiger partial charge in [0.25, 0.3) is 0 Å². The number of methoxy groups -OCH3 is 2. The zero-order chi connectivity index (χ0) is 23.8. The lowest BCUT2D eigenvalue weighted by atomic mass is 10.2.